The number of rotatable bonds is 4. The van der Waals surface area contributed by atoms with Crippen molar-refractivity contribution in [3.05, 3.63) is 29.6 Å². The van der Waals surface area contributed by atoms with Gasteiger partial charge in [0.05, 0.1) is 4.90 Å². The van der Waals surface area contributed by atoms with Crippen molar-refractivity contribution in [2.45, 2.75) is 44.6 Å². The van der Waals surface area contributed by atoms with Gasteiger partial charge in [0.2, 0.25) is 10.0 Å². The van der Waals surface area contributed by atoms with Gasteiger partial charge >= 0.3 is 0 Å². The summed E-state index contributed by atoms with van der Waals surface area (Å²) in [7, 11) is -3.59. The number of hydrogen-bond donors (Lipinski definition) is 1. The van der Waals surface area contributed by atoms with Gasteiger partial charge in [0.25, 0.3) is 0 Å². The van der Waals surface area contributed by atoms with Gasteiger partial charge in [-0.3, -0.25) is 0 Å². The molecule has 1 aromatic carbocycles. The van der Waals surface area contributed by atoms with Crippen molar-refractivity contribution in [1.29, 1.82) is 0 Å². The first-order valence-corrected chi connectivity index (χ1v) is 6.96. The molecule has 0 aliphatic carbocycles. The van der Waals surface area contributed by atoms with Gasteiger partial charge in [-0.15, -0.1) is 0 Å². The normalized spacial score (nSPS) is 12.8. The van der Waals surface area contributed by atoms with Crippen LogP contribution < -0.4 is 4.72 Å². The van der Waals surface area contributed by atoms with Gasteiger partial charge in [0.1, 0.15) is 5.82 Å². The molecule has 0 amide bonds. The highest BCUT2D eigenvalue weighted by Crippen LogP contribution is 2.19. The van der Waals surface area contributed by atoms with E-state index in [0.29, 0.717) is 12.0 Å². The summed E-state index contributed by atoms with van der Waals surface area (Å²) >= 11 is 0. The van der Waals surface area contributed by atoms with Crippen LogP contribution in [0.15, 0.2) is 23.1 Å². The standard InChI is InChI=1S/C12H18FNO2S/c1-5-12(3,4)14-17(15,16)11-7-6-10(13)8-9(11)2/h6-8,14H,5H2,1-4H3. The zero-order valence-corrected chi connectivity index (χ0v) is 11.4. The molecule has 0 atom stereocenters. The predicted molar refractivity (Wildman–Crippen MR) is 65.8 cm³/mol. The van der Waals surface area contributed by atoms with Crippen molar-refractivity contribution in [3.8, 4) is 0 Å². The van der Waals surface area contributed by atoms with Crippen molar-refractivity contribution >= 4 is 10.0 Å². The molecule has 0 bridgehead atoms. The lowest BCUT2D eigenvalue weighted by atomic mass is 10.0. The maximum absolute atomic E-state index is 12.9. The van der Waals surface area contributed by atoms with Gasteiger partial charge in [-0.2, -0.15) is 0 Å². The van der Waals surface area contributed by atoms with Gasteiger partial charge in [-0.05, 0) is 51.0 Å². The number of benzene rings is 1. The molecular weight excluding hydrogens is 241 g/mol. The van der Waals surface area contributed by atoms with Crippen LogP contribution in [-0.2, 0) is 10.0 Å². The molecule has 17 heavy (non-hydrogen) atoms. The zero-order valence-electron chi connectivity index (χ0n) is 10.5. The Morgan fingerprint density at radius 1 is 1.35 bits per heavy atom. The second-order valence-corrected chi connectivity index (χ2v) is 6.40. The van der Waals surface area contributed by atoms with Crippen LogP contribution in [0.2, 0.25) is 0 Å². The molecule has 0 fully saturated rings. The molecule has 5 heteroatoms. The van der Waals surface area contributed by atoms with Crippen LogP contribution in [0.1, 0.15) is 32.8 Å². The fourth-order valence-electron chi connectivity index (χ4n) is 1.41. The van der Waals surface area contributed by atoms with Crippen molar-refractivity contribution in [3.63, 3.8) is 0 Å². The Morgan fingerprint density at radius 2 is 1.94 bits per heavy atom. The monoisotopic (exact) mass is 259 g/mol. The third kappa shape index (κ3) is 3.51. The molecule has 0 aliphatic heterocycles. The average molecular weight is 259 g/mol. The maximum atomic E-state index is 12.9. The molecule has 1 aromatic rings. The minimum Gasteiger partial charge on any atom is -0.207 e. The van der Waals surface area contributed by atoms with E-state index in [2.05, 4.69) is 4.72 Å². The highest BCUT2D eigenvalue weighted by molar-refractivity contribution is 7.89. The van der Waals surface area contributed by atoms with E-state index in [1.165, 1.54) is 12.1 Å². The molecule has 3 nitrogen and oxygen atoms in total. The Kier molecular flexibility index (Phi) is 3.94. The Labute approximate surface area is 102 Å². The lowest BCUT2D eigenvalue weighted by Gasteiger charge is -2.24. The van der Waals surface area contributed by atoms with Crippen LogP contribution in [0.5, 0.6) is 0 Å². The second kappa shape index (κ2) is 4.74. The molecule has 0 saturated carbocycles. The van der Waals surface area contributed by atoms with E-state index in [9.17, 15) is 12.8 Å². The van der Waals surface area contributed by atoms with Gasteiger partial charge in [-0.1, -0.05) is 6.92 Å². The number of halogens is 1. The summed E-state index contributed by atoms with van der Waals surface area (Å²) in [5, 5.41) is 0. The molecule has 1 N–H and O–H groups in total. The summed E-state index contributed by atoms with van der Waals surface area (Å²) in [6.07, 6.45) is 0.673. The van der Waals surface area contributed by atoms with E-state index in [-0.39, 0.29) is 4.90 Å². The van der Waals surface area contributed by atoms with E-state index in [4.69, 9.17) is 0 Å². The summed E-state index contributed by atoms with van der Waals surface area (Å²) in [4.78, 5) is 0.125. The van der Waals surface area contributed by atoms with E-state index >= 15 is 0 Å². The minimum atomic E-state index is -3.59. The first kappa shape index (κ1) is 14.1. The van der Waals surface area contributed by atoms with Crippen molar-refractivity contribution in [2.75, 3.05) is 0 Å². The number of nitrogens with one attached hydrogen (secondary N) is 1. The van der Waals surface area contributed by atoms with Crippen molar-refractivity contribution in [1.82, 2.24) is 4.72 Å². The Balaban J connectivity index is 3.14. The summed E-state index contributed by atoms with van der Waals surface area (Å²) in [5.74, 6) is -0.434. The van der Waals surface area contributed by atoms with E-state index in [1.54, 1.807) is 6.92 Å². The van der Waals surface area contributed by atoms with Gasteiger partial charge in [-0.25, -0.2) is 17.5 Å². The first-order valence-electron chi connectivity index (χ1n) is 5.48. The Hall–Kier alpha value is -0.940. The van der Waals surface area contributed by atoms with E-state index < -0.39 is 21.4 Å². The molecule has 0 spiro atoms. The smallest absolute Gasteiger partial charge is 0.207 e. The topological polar surface area (TPSA) is 46.2 Å². The van der Waals surface area contributed by atoms with Crippen LogP contribution >= 0.6 is 0 Å². The minimum absolute atomic E-state index is 0.125. The second-order valence-electron chi connectivity index (χ2n) is 4.75. The number of aryl methyl sites for hydroxylation is 1. The van der Waals surface area contributed by atoms with E-state index in [1.807, 2.05) is 20.8 Å². The van der Waals surface area contributed by atoms with Crippen LogP contribution in [-0.4, -0.2) is 14.0 Å². The molecule has 0 radical (unpaired) electrons. The van der Waals surface area contributed by atoms with Gasteiger partial charge < -0.3 is 0 Å². The molecular formula is C12H18FNO2S. The molecule has 0 aliphatic rings. The lowest BCUT2D eigenvalue weighted by Crippen LogP contribution is -2.42. The maximum Gasteiger partial charge on any atom is 0.241 e. The lowest BCUT2D eigenvalue weighted by molar-refractivity contribution is 0.439. The fourth-order valence-corrected chi connectivity index (χ4v) is 3.12. The van der Waals surface area contributed by atoms with Crippen molar-refractivity contribution < 1.29 is 12.8 Å². The number of hydrogen-bond acceptors (Lipinski definition) is 2. The zero-order chi connectivity index (χ0) is 13.3. The molecule has 0 heterocycles. The fraction of sp³-hybridized carbons (Fsp3) is 0.500. The molecule has 96 valence electrons. The largest absolute Gasteiger partial charge is 0.241 e. The third-order valence-electron chi connectivity index (χ3n) is 2.72. The van der Waals surface area contributed by atoms with Crippen LogP contribution in [0.3, 0.4) is 0 Å². The summed E-state index contributed by atoms with van der Waals surface area (Å²) < 4.78 is 39.7. The quantitative estimate of drug-likeness (QED) is 0.903. The van der Waals surface area contributed by atoms with E-state index in [0.717, 1.165) is 6.07 Å². The molecule has 1 rings (SSSR count). The van der Waals surface area contributed by atoms with Crippen LogP contribution in [0.25, 0.3) is 0 Å². The summed E-state index contributed by atoms with van der Waals surface area (Å²) in [6.45, 7) is 7.10. The predicted octanol–water partition coefficient (Wildman–Crippen LogP) is 2.60. The molecule has 0 aromatic heterocycles. The highest BCUT2D eigenvalue weighted by atomic mass is 32.2. The number of sulfonamides is 1. The first-order chi connectivity index (χ1) is 7.68. The van der Waals surface area contributed by atoms with Crippen LogP contribution in [0.4, 0.5) is 4.39 Å². The molecule has 0 unspecified atom stereocenters. The average Bonchev–Trinajstić information content (AvgIpc) is 2.15. The summed E-state index contributed by atoms with van der Waals surface area (Å²) in [5.41, 5.74) is -0.107. The third-order valence-corrected chi connectivity index (χ3v) is 4.58. The van der Waals surface area contributed by atoms with Gasteiger partial charge in [0.15, 0.2) is 0 Å². The Bertz CT molecular complexity index is 509. The molecule has 0 saturated heterocycles. The van der Waals surface area contributed by atoms with Gasteiger partial charge in [0, 0.05) is 5.54 Å². The van der Waals surface area contributed by atoms with Crippen molar-refractivity contribution in [2.24, 2.45) is 0 Å². The Morgan fingerprint density at radius 3 is 2.41 bits per heavy atom. The van der Waals surface area contributed by atoms with Crippen LogP contribution in [0, 0.1) is 12.7 Å². The highest BCUT2D eigenvalue weighted by Gasteiger charge is 2.25. The SMILES string of the molecule is CCC(C)(C)NS(=O)(=O)c1ccc(F)cc1C. The summed E-state index contributed by atoms with van der Waals surface area (Å²) in [6, 6.07) is 3.66.